The van der Waals surface area contributed by atoms with Gasteiger partial charge in [-0.3, -0.25) is 0 Å². The molecule has 5 heteroatoms. The Kier molecular flexibility index (Phi) is 19.3. The monoisotopic (exact) mass is 872 g/mol. The van der Waals surface area contributed by atoms with Gasteiger partial charge in [0.05, 0.1) is 0 Å². The molecule has 0 heterocycles. The standard InChI is InChI=1S/2C18H33P.C11H8.2ClH.Ru/c2*1-4-10-16(11-5-1)19(17-12-6-2-7-13-17)18-14-8-3-9-15-18;1-9-6-7-10-4-2-3-5-11(10)8-9;;;/h2*16-18H,1-15H2;1-8H;2*1H;/q;;;;;+2/p-2. The van der Waals surface area contributed by atoms with Crippen LogP contribution < -0.4 is 0 Å². The summed E-state index contributed by atoms with van der Waals surface area (Å²) in [5.41, 5.74) is 8.26. The van der Waals surface area contributed by atoms with Gasteiger partial charge < -0.3 is 0 Å². The van der Waals surface area contributed by atoms with Gasteiger partial charge in [0.1, 0.15) is 0 Å². The summed E-state index contributed by atoms with van der Waals surface area (Å²) < 4.78 is 1.96. The molecule has 0 aliphatic heterocycles. The molecule has 0 nitrogen and oxygen atoms in total. The van der Waals surface area contributed by atoms with E-state index < -0.39 is 13.5 Å². The van der Waals surface area contributed by atoms with Gasteiger partial charge in [0.2, 0.25) is 0 Å². The maximum absolute atomic E-state index is 5.82. The molecule has 0 amide bonds. The van der Waals surface area contributed by atoms with Crippen molar-refractivity contribution in [2.75, 3.05) is 0 Å². The topological polar surface area (TPSA) is 0 Å². The van der Waals surface area contributed by atoms with Crippen molar-refractivity contribution in [3.05, 3.63) is 48.0 Å². The van der Waals surface area contributed by atoms with Gasteiger partial charge in [-0.1, -0.05) is 131 Å². The third-order valence-electron chi connectivity index (χ3n) is 13.9. The van der Waals surface area contributed by atoms with Crippen molar-refractivity contribution in [1.82, 2.24) is 0 Å². The zero-order valence-electron chi connectivity index (χ0n) is 32.8. The predicted octanol–water partition coefficient (Wildman–Crippen LogP) is 16.8. The van der Waals surface area contributed by atoms with Crippen LogP contribution in [0.1, 0.15) is 198 Å². The van der Waals surface area contributed by atoms with E-state index >= 15 is 0 Å². The van der Waals surface area contributed by atoms with E-state index in [9.17, 15) is 0 Å². The molecule has 0 unspecified atom stereocenters. The summed E-state index contributed by atoms with van der Waals surface area (Å²) in [6.45, 7) is 0. The van der Waals surface area contributed by atoms with Crippen LogP contribution >= 0.6 is 35.2 Å². The van der Waals surface area contributed by atoms with E-state index in [1.54, 1.807) is 154 Å². The number of hydrogen-bond acceptors (Lipinski definition) is 0. The molecule has 0 spiro atoms. The number of halogens is 2. The van der Waals surface area contributed by atoms with Crippen LogP contribution in [0.3, 0.4) is 0 Å². The van der Waals surface area contributed by atoms with Gasteiger partial charge >= 0.3 is 96.3 Å². The normalized spacial score (nSPS) is 24.2. The Bertz CT molecular complexity index is 1150. The molecule has 6 saturated carbocycles. The zero-order chi connectivity index (χ0) is 35.8. The molecule has 6 aliphatic carbocycles. The molecule has 0 bridgehead atoms. The van der Waals surface area contributed by atoms with Gasteiger partial charge in [-0.25, -0.2) is 0 Å². The minimum atomic E-state index is -1.70. The van der Waals surface area contributed by atoms with Crippen LogP contribution in [0.5, 0.6) is 0 Å². The Morgan fingerprint density at radius 3 is 0.962 bits per heavy atom. The molecule has 2 aromatic carbocycles. The predicted molar refractivity (Wildman–Crippen MR) is 236 cm³/mol. The van der Waals surface area contributed by atoms with Crippen LogP contribution in [-0.2, 0) is 13.5 Å². The summed E-state index contributed by atoms with van der Waals surface area (Å²) >= 11 is -1.70. The fourth-order valence-electron chi connectivity index (χ4n) is 11.4. The third kappa shape index (κ3) is 13.4. The molecule has 8 rings (SSSR count). The summed E-state index contributed by atoms with van der Waals surface area (Å²) in [5.74, 6) is 0. The van der Waals surface area contributed by atoms with Crippen molar-refractivity contribution in [1.29, 1.82) is 0 Å². The first-order chi connectivity index (χ1) is 25.7. The Hall–Kier alpha value is 0.633. The van der Waals surface area contributed by atoms with Crippen LogP contribution in [0.2, 0.25) is 0 Å². The maximum atomic E-state index is 5.82. The SMILES string of the molecule is C1CCC(P(C2CCCCC2)C2CCCCC2)CC1.C1CCC(P(C2CCCCC2)C2CCCCC2)CC1.[Cl][Ru]([Cl])=[CH]c1ccc2ccccc2c1. The van der Waals surface area contributed by atoms with Crippen molar-refractivity contribution >= 4 is 50.6 Å². The third-order valence-corrected chi connectivity index (χ3v) is 24.0. The average Bonchev–Trinajstić information content (AvgIpc) is 3.21. The van der Waals surface area contributed by atoms with Gasteiger partial charge in [0.15, 0.2) is 0 Å². The number of hydrogen-bond donors (Lipinski definition) is 0. The Balaban J connectivity index is 0.000000136. The molecule has 52 heavy (non-hydrogen) atoms. The molecule has 0 aromatic heterocycles. The van der Waals surface area contributed by atoms with Gasteiger partial charge in [-0.15, -0.1) is 0 Å². The second-order valence-corrected chi connectivity index (χ2v) is 29.5. The van der Waals surface area contributed by atoms with Gasteiger partial charge in [-0.2, -0.15) is 0 Å². The first-order valence-corrected chi connectivity index (χ1v) is 31.1. The fraction of sp³-hybridized carbons (Fsp3) is 0.766. The number of fused-ring (bicyclic) bond motifs is 1. The van der Waals surface area contributed by atoms with E-state index in [-0.39, 0.29) is 0 Å². The van der Waals surface area contributed by atoms with Crippen molar-refractivity contribution in [2.24, 2.45) is 0 Å². The van der Waals surface area contributed by atoms with E-state index in [4.69, 9.17) is 19.4 Å². The number of rotatable bonds is 7. The molecule has 6 aliphatic rings. The van der Waals surface area contributed by atoms with Crippen molar-refractivity contribution in [3.63, 3.8) is 0 Å². The first kappa shape index (κ1) is 42.2. The van der Waals surface area contributed by atoms with Gasteiger partial charge in [-0.05, 0) is 111 Å². The van der Waals surface area contributed by atoms with Gasteiger partial charge in [0, 0.05) is 0 Å². The molecule has 6 fully saturated rings. The van der Waals surface area contributed by atoms with Gasteiger partial charge in [0.25, 0.3) is 0 Å². The first-order valence-electron chi connectivity index (χ1n) is 22.5. The van der Waals surface area contributed by atoms with Crippen LogP contribution in [0, 0.1) is 0 Å². The van der Waals surface area contributed by atoms with Crippen molar-refractivity contribution in [2.45, 2.75) is 227 Å². The van der Waals surface area contributed by atoms with Crippen LogP contribution in [0.15, 0.2) is 42.5 Å². The summed E-state index contributed by atoms with van der Waals surface area (Å²) in [4.78, 5) is 0. The summed E-state index contributed by atoms with van der Waals surface area (Å²) in [6, 6.07) is 14.5. The zero-order valence-corrected chi connectivity index (χ0v) is 37.8. The second-order valence-electron chi connectivity index (χ2n) is 17.6. The molecule has 2 aromatic rings. The molecular formula is C47H74Cl2P2Ru. The van der Waals surface area contributed by atoms with Crippen molar-refractivity contribution in [3.8, 4) is 0 Å². The van der Waals surface area contributed by atoms with Crippen LogP contribution in [-0.4, -0.2) is 38.6 Å². The molecular weight excluding hydrogens is 798 g/mol. The quantitative estimate of drug-likeness (QED) is 0.192. The van der Waals surface area contributed by atoms with E-state index in [0.29, 0.717) is 15.8 Å². The molecule has 0 saturated heterocycles. The van der Waals surface area contributed by atoms with E-state index in [0.717, 1.165) is 5.56 Å². The Morgan fingerprint density at radius 1 is 0.385 bits per heavy atom. The Morgan fingerprint density at radius 2 is 0.673 bits per heavy atom. The second kappa shape index (κ2) is 23.8. The Labute approximate surface area is 336 Å². The fourth-order valence-corrected chi connectivity index (χ4v) is 22.6. The van der Waals surface area contributed by atoms with Crippen LogP contribution in [0.25, 0.3) is 10.8 Å². The van der Waals surface area contributed by atoms with E-state index in [1.165, 1.54) is 83.3 Å². The summed E-state index contributed by atoms with van der Waals surface area (Å²) in [7, 11) is 12.4. The van der Waals surface area contributed by atoms with Crippen LogP contribution in [0.4, 0.5) is 0 Å². The molecule has 0 atom stereocenters. The average molecular weight is 873 g/mol. The summed E-state index contributed by atoms with van der Waals surface area (Å²) in [5, 5.41) is 2.47. The summed E-state index contributed by atoms with van der Waals surface area (Å²) in [6.07, 6.45) is 47.2. The molecule has 0 radical (unpaired) electrons. The van der Waals surface area contributed by atoms with E-state index in [1.807, 2.05) is 22.8 Å². The van der Waals surface area contributed by atoms with Crippen molar-refractivity contribution < 1.29 is 13.5 Å². The molecule has 294 valence electrons. The number of benzene rings is 2. The molecule has 0 N–H and O–H groups in total. The minimum absolute atomic E-state index is 0.385. The van der Waals surface area contributed by atoms with E-state index in [2.05, 4.69) is 24.3 Å².